The Hall–Kier alpha value is -1.97. The molecule has 0 unspecified atom stereocenters. The molecule has 1 aliphatic carbocycles. The first-order valence-corrected chi connectivity index (χ1v) is 10.8. The number of aromatic nitrogens is 2. The fraction of sp³-hybridized carbons (Fsp3) is 0.556. The molecular weight excluding hydrogens is 368 g/mol. The van der Waals surface area contributed by atoms with Crippen LogP contribution in [0.1, 0.15) is 42.1 Å². The fourth-order valence-corrected chi connectivity index (χ4v) is 5.36. The molecular formula is C18H22N4O4S. The van der Waals surface area contributed by atoms with Crippen LogP contribution in [-0.2, 0) is 16.4 Å². The number of sulfonamides is 1. The highest BCUT2D eigenvalue weighted by Gasteiger charge is 2.39. The summed E-state index contributed by atoms with van der Waals surface area (Å²) in [6, 6.07) is 5.09. The molecule has 27 heavy (non-hydrogen) atoms. The minimum Gasteiger partial charge on any atom is -0.492 e. The number of para-hydroxylation sites is 1. The van der Waals surface area contributed by atoms with E-state index in [1.165, 1.54) is 4.31 Å². The Bertz CT molecular complexity index is 969. The van der Waals surface area contributed by atoms with E-state index >= 15 is 0 Å². The zero-order valence-corrected chi connectivity index (χ0v) is 16.0. The van der Waals surface area contributed by atoms with Gasteiger partial charge in [0.2, 0.25) is 15.9 Å². The Labute approximate surface area is 158 Å². The second-order valence-electron chi connectivity index (χ2n) is 7.47. The zero-order valence-electron chi connectivity index (χ0n) is 15.2. The Morgan fingerprint density at radius 1 is 1.22 bits per heavy atom. The fourth-order valence-electron chi connectivity index (χ4n) is 3.75. The van der Waals surface area contributed by atoms with Gasteiger partial charge in [0.15, 0.2) is 5.82 Å². The van der Waals surface area contributed by atoms with Crippen molar-refractivity contribution in [2.24, 2.45) is 0 Å². The lowest BCUT2D eigenvalue weighted by molar-refractivity contribution is 0.120. The van der Waals surface area contributed by atoms with Crippen LogP contribution in [0.2, 0.25) is 0 Å². The maximum atomic E-state index is 13.3. The van der Waals surface area contributed by atoms with E-state index in [-0.39, 0.29) is 17.5 Å². The van der Waals surface area contributed by atoms with Gasteiger partial charge in [-0.25, -0.2) is 8.42 Å². The third-order valence-electron chi connectivity index (χ3n) is 5.59. The first-order chi connectivity index (χ1) is 13.0. The average molecular weight is 390 g/mol. The van der Waals surface area contributed by atoms with Crippen molar-refractivity contribution in [2.75, 3.05) is 33.3 Å². The van der Waals surface area contributed by atoms with Crippen molar-refractivity contribution in [1.29, 1.82) is 0 Å². The van der Waals surface area contributed by atoms with E-state index in [1.54, 1.807) is 12.1 Å². The largest absolute Gasteiger partial charge is 0.492 e. The van der Waals surface area contributed by atoms with Crippen LogP contribution < -0.4 is 4.74 Å². The monoisotopic (exact) mass is 390 g/mol. The SMILES string of the molecule is CN1CCN(S(=O)(=O)c2cccc3c2OCC3)C[C@@H]1c1nc(C2CC2)no1. The molecule has 0 spiro atoms. The Balaban J connectivity index is 1.44. The van der Waals surface area contributed by atoms with Crippen LogP contribution in [0.4, 0.5) is 0 Å². The van der Waals surface area contributed by atoms with Crippen LogP contribution in [0.15, 0.2) is 27.6 Å². The van der Waals surface area contributed by atoms with Crippen molar-refractivity contribution in [3.8, 4) is 5.75 Å². The molecule has 0 N–H and O–H groups in total. The molecule has 8 nitrogen and oxygen atoms in total. The van der Waals surface area contributed by atoms with Gasteiger partial charge in [0.1, 0.15) is 16.7 Å². The highest BCUT2D eigenvalue weighted by molar-refractivity contribution is 7.89. The number of piperazine rings is 1. The Kier molecular flexibility index (Phi) is 3.99. The van der Waals surface area contributed by atoms with Gasteiger partial charge >= 0.3 is 0 Å². The van der Waals surface area contributed by atoms with Crippen molar-refractivity contribution < 1.29 is 17.7 Å². The number of benzene rings is 1. The van der Waals surface area contributed by atoms with Crippen molar-refractivity contribution in [3.63, 3.8) is 0 Å². The molecule has 3 aliphatic rings. The highest BCUT2D eigenvalue weighted by atomic mass is 32.2. The Morgan fingerprint density at radius 3 is 2.89 bits per heavy atom. The van der Waals surface area contributed by atoms with E-state index in [2.05, 4.69) is 15.0 Å². The molecule has 1 saturated heterocycles. The number of ether oxygens (including phenoxy) is 1. The molecule has 0 radical (unpaired) electrons. The van der Waals surface area contributed by atoms with Gasteiger partial charge in [-0.1, -0.05) is 17.3 Å². The van der Waals surface area contributed by atoms with Crippen LogP contribution in [0, 0.1) is 0 Å². The molecule has 1 saturated carbocycles. The number of nitrogens with zero attached hydrogens (tertiary/aromatic N) is 4. The third kappa shape index (κ3) is 2.94. The summed E-state index contributed by atoms with van der Waals surface area (Å²) in [6.45, 7) is 1.83. The molecule has 9 heteroatoms. The molecule has 2 fully saturated rings. The minimum atomic E-state index is -3.66. The van der Waals surface area contributed by atoms with Crippen molar-refractivity contribution in [2.45, 2.75) is 36.1 Å². The summed E-state index contributed by atoms with van der Waals surface area (Å²) in [5.41, 5.74) is 0.952. The van der Waals surface area contributed by atoms with Gasteiger partial charge in [-0.2, -0.15) is 9.29 Å². The van der Waals surface area contributed by atoms with Crippen LogP contribution in [0.3, 0.4) is 0 Å². The van der Waals surface area contributed by atoms with E-state index in [4.69, 9.17) is 9.26 Å². The third-order valence-corrected chi connectivity index (χ3v) is 7.48. The average Bonchev–Trinajstić information content (AvgIpc) is 3.20. The standard InChI is InChI=1S/C18H22N4O4S/c1-21-8-9-22(11-14(21)18-19-17(20-26-18)13-5-6-13)27(23,24)15-4-2-3-12-7-10-25-16(12)15/h2-4,13-14H,5-11H2,1H3/t14-/m1/s1. The predicted molar refractivity (Wildman–Crippen MR) is 96.0 cm³/mol. The summed E-state index contributed by atoms with van der Waals surface area (Å²) in [6.07, 6.45) is 2.94. The summed E-state index contributed by atoms with van der Waals surface area (Å²) < 4.78 is 39.2. The van der Waals surface area contributed by atoms with E-state index in [0.717, 1.165) is 30.7 Å². The summed E-state index contributed by atoms with van der Waals surface area (Å²) in [5, 5.41) is 4.08. The molecule has 2 aromatic rings. The van der Waals surface area contributed by atoms with Gasteiger partial charge in [0, 0.05) is 32.0 Å². The van der Waals surface area contributed by atoms with Crippen LogP contribution in [0.25, 0.3) is 0 Å². The first-order valence-electron chi connectivity index (χ1n) is 9.32. The van der Waals surface area contributed by atoms with Gasteiger partial charge in [-0.3, -0.25) is 4.90 Å². The van der Waals surface area contributed by atoms with Crippen LogP contribution in [0.5, 0.6) is 5.75 Å². The predicted octanol–water partition coefficient (Wildman–Crippen LogP) is 1.56. The highest BCUT2D eigenvalue weighted by Crippen LogP contribution is 2.39. The number of hydrogen-bond acceptors (Lipinski definition) is 7. The van der Waals surface area contributed by atoms with Gasteiger partial charge in [0.25, 0.3) is 0 Å². The molecule has 0 amide bonds. The number of rotatable bonds is 4. The number of likely N-dealkylation sites (N-methyl/N-ethyl adjacent to an activating group) is 1. The quantitative estimate of drug-likeness (QED) is 0.783. The van der Waals surface area contributed by atoms with Crippen molar-refractivity contribution in [1.82, 2.24) is 19.3 Å². The smallest absolute Gasteiger partial charge is 0.246 e. The Morgan fingerprint density at radius 2 is 2.07 bits per heavy atom. The number of hydrogen-bond donors (Lipinski definition) is 0. The molecule has 1 aromatic carbocycles. The molecule has 0 bridgehead atoms. The summed E-state index contributed by atoms with van der Waals surface area (Å²) >= 11 is 0. The molecule has 2 aliphatic heterocycles. The van der Waals surface area contributed by atoms with Gasteiger partial charge in [-0.15, -0.1) is 0 Å². The molecule has 144 valence electrons. The van der Waals surface area contributed by atoms with E-state index in [0.29, 0.717) is 37.3 Å². The molecule has 1 atom stereocenters. The maximum Gasteiger partial charge on any atom is 0.246 e. The lowest BCUT2D eigenvalue weighted by Gasteiger charge is -2.36. The first kappa shape index (κ1) is 17.2. The van der Waals surface area contributed by atoms with Gasteiger partial charge < -0.3 is 9.26 Å². The van der Waals surface area contributed by atoms with E-state index in [9.17, 15) is 8.42 Å². The van der Waals surface area contributed by atoms with E-state index in [1.807, 2.05) is 13.1 Å². The summed E-state index contributed by atoms with van der Waals surface area (Å²) in [4.78, 5) is 6.85. The van der Waals surface area contributed by atoms with E-state index < -0.39 is 10.0 Å². The lowest BCUT2D eigenvalue weighted by atomic mass is 10.2. The maximum absolute atomic E-state index is 13.3. The zero-order chi connectivity index (χ0) is 18.6. The topological polar surface area (TPSA) is 88.8 Å². The molecule has 3 heterocycles. The van der Waals surface area contributed by atoms with Crippen LogP contribution in [-0.4, -0.2) is 61.1 Å². The van der Waals surface area contributed by atoms with Crippen molar-refractivity contribution >= 4 is 10.0 Å². The van der Waals surface area contributed by atoms with Gasteiger partial charge in [-0.05, 0) is 31.5 Å². The lowest BCUT2D eigenvalue weighted by Crippen LogP contribution is -2.49. The number of fused-ring (bicyclic) bond motifs is 1. The van der Waals surface area contributed by atoms with Crippen molar-refractivity contribution in [3.05, 3.63) is 35.5 Å². The second-order valence-corrected chi connectivity index (χ2v) is 9.37. The molecule has 1 aromatic heterocycles. The summed E-state index contributed by atoms with van der Waals surface area (Å²) in [7, 11) is -1.70. The van der Waals surface area contributed by atoms with Crippen LogP contribution >= 0.6 is 0 Å². The summed E-state index contributed by atoms with van der Waals surface area (Å²) in [5.74, 6) is 2.14. The minimum absolute atomic E-state index is 0.244. The normalized spacial score (nSPS) is 24.0. The van der Waals surface area contributed by atoms with Gasteiger partial charge in [0.05, 0.1) is 6.61 Å². The molecule has 5 rings (SSSR count). The second kappa shape index (κ2) is 6.29.